The molecule has 1 unspecified atom stereocenters. The van der Waals surface area contributed by atoms with E-state index in [0.29, 0.717) is 23.7 Å². The second-order valence-electron chi connectivity index (χ2n) is 10.5. The molecule has 2 aromatic heterocycles. The van der Waals surface area contributed by atoms with Crippen LogP contribution >= 0.6 is 0 Å². The highest BCUT2D eigenvalue weighted by Crippen LogP contribution is 2.35. The van der Waals surface area contributed by atoms with E-state index in [1.54, 1.807) is 6.07 Å². The largest absolute Gasteiger partial charge is 0.458 e. The van der Waals surface area contributed by atoms with E-state index in [0.717, 1.165) is 52.0 Å². The van der Waals surface area contributed by atoms with E-state index < -0.39 is 0 Å². The SMILES string of the molecule is Cc1noc(-c2ccc(-c3ccc(C(C)OC(=O)C4CC4)cc3)cc2)c1Nc1cccc(Cc2cccc(F)c2)n1. The second kappa shape index (κ2) is 11.4. The summed E-state index contributed by atoms with van der Waals surface area (Å²) in [5.74, 6) is 1.01. The maximum Gasteiger partial charge on any atom is 0.309 e. The van der Waals surface area contributed by atoms with Crippen molar-refractivity contribution >= 4 is 17.5 Å². The zero-order valence-corrected chi connectivity index (χ0v) is 22.9. The molecule has 3 aromatic carbocycles. The molecule has 0 aliphatic heterocycles. The summed E-state index contributed by atoms with van der Waals surface area (Å²) < 4.78 is 24.9. The Morgan fingerprint density at radius 3 is 2.37 bits per heavy atom. The van der Waals surface area contributed by atoms with Crippen LogP contribution in [0.1, 0.15) is 48.4 Å². The highest BCUT2D eigenvalue weighted by atomic mass is 19.1. The van der Waals surface area contributed by atoms with Crippen LogP contribution in [0, 0.1) is 18.7 Å². The molecule has 5 aromatic rings. The van der Waals surface area contributed by atoms with Gasteiger partial charge >= 0.3 is 5.97 Å². The smallest absolute Gasteiger partial charge is 0.309 e. The molecule has 1 atom stereocenters. The zero-order valence-electron chi connectivity index (χ0n) is 22.9. The monoisotopic (exact) mass is 547 g/mol. The predicted octanol–water partition coefficient (Wildman–Crippen LogP) is 8.20. The Bertz CT molecular complexity index is 1670. The van der Waals surface area contributed by atoms with Crippen LogP contribution in [-0.4, -0.2) is 16.1 Å². The first-order chi connectivity index (χ1) is 19.9. The van der Waals surface area contributed by atoms with Crippen LogP contribution in [0.25, 0.3) is 22.5 Å². The first-order valence-electron chi connectivity index (χ1n) is 13.8. The molecule has 0 saturated heterocycles. The van der Waals surface area contributed by atoms with E-state index in [2.05, 4.69) is 10.5 Å². The summed E-state index contributed by atoms with van der Waals surface area (Å²) in [5, 5.41) is 7.55. The lowest BCUT2D eigenvalue weighted by Gasteiger charge is -2.14. The third-order valence-corrected chi connectivity index (χ3v) is 7.26. The molecule has 6 nitrogen and oxygen atoms in total. The molecular weight excluding hydrogens is 517 g/mol. The number of aromatic nitrogens is 2. The standard InChI is InChI=1S/C34H30FN3O3/c1-21-32(37-31-8-4-7-30(36-31)20-23-5-3-6-29(35)19-23)33(41-38-21)27-15-13-26(14-16-27)25-11-9-24(10-12-25)22(2)40-34(39)28-17-18-28/h3-16,19,22,28H,17-18,20H2,1-2H3,(H,36,37). The summed E-state index contributed by atoms with van der Waals surface area (Å²) >= 11 is 0. The molecule has 0 bridgehead atoms. The van der Waals surface area contributed by atoms with Gasteiger partial charge in [0.05, 0.1) is 5.92 Å². The van der Waals surface area contributed by atoms with Crippen molar-refractivity contribution < 1.29 is 18.4 Å². The number of benzene rings is 3. The van der Waals surface area contributed by atoms with Gasteiger partial charge in [0.15, 0.2) is 5.76 Å². The first-order valence-corrected chi connectivity index (χ1v) is 13.8. The van der Waals surface area contributed by atoms with Gasteiger partial charge in [-0.1, -0.05) is 71.9 Å². The van der Waals surface area contributed by atoms with Crippen molar-refractivity contribution in [1.29, 1.82) is 0 Å². The number of carbonyl (C=O) groups excluding carboxylic acids is 1. The van der Waals surface area contributed by atoms with Crippen molar-refractivity contribution in [3.8, 4) is 22.5 Å². The summed E-state index contributed by atoms with van der Waals surface area (Å²) in [5.41, 5.74) is 7.11. The Labute approximate surface area is 238 Å². The Balaban J connectivity index is 1.16. The molecule has 0 spiro atoms. The van der Waals surface area contributed by atoms with E-state index in [1.807, 2.05) is 86.6 Å². The number of nitrogens with one attached hydrogen (secondary N) is 1. The Morgan fingerprint density at radius 1 is 0.976 bits per heavy atom. The Kier molecular flexibility index (Phi) is 7.33. The van der Waals surface area contributed by atoms with Crippen molar-refractivity contribution in [3.05, 3.63) is 119 Å². The molecule has 6 rings (SSSR count). The molecule has 2 heterocycles. The molecule has 206 valence electrons. The third kappa shape index (κ3) is 6.19. The second-order valence-corrected chi connectivity index (χ2v) is 10.5. The molecule has 0 amide bonds. The topological polar surface area (TPSA) is 77.2 Å². The lowest BCUT2D eigenvalue weighted by molar-refractivity contribution is -0.150. The fraction of sp³-hybridized carbons (Fsp3) is 0.206. The summed E-state index contributed by atoms with van der Waals surface area (Å²) in [6.45, 7) is 3.79. The molecule has 1 N–H and O–H groups in total. The number of hydrogen-bond acceptors (Lipinski definition) is 6. The van der Waals surface area contributed by atoms with Crippen LogP contribution in [0.4, 0.5) is 15.9 Å². The number of pyridine rings is 1. The molecular formula is C34H30FN3O3. The number of aryl methyl sites for hydroxylation is 1. The van der Waals surface area contributed by atoms with E-state index in [1.165, 1.54) is 12.1 Å². The number of anilines is 2. The van der Waals surface area contributed by atoms with Crippen LogP contribution in [0.3, 0.4) is 0 Å². The molecule has 1 aliphatic carbocycles. The van der Waals surface area contributed by atoms with Gasteiger partial charge in [-0.25, -0.2) is 9.37 Å². The van der Waals surface area contributed by atoms with Crippen LogP contribution in [0.15, 0.2) is 95.5 Å². The van der Waals surface area contributed by atoms with Crippen molar-refractivity contribution in [3.63, 3.8) is 0 Å². The van der Waals surface area contributed by atoms with Gasteiger partial charge in [0.1, 0.15) is 29.1 Å². The maximum atomic E-state index is 13.6. The Morgan fingerprint density at radius 2 is 1.66 bits per heavy atom. The summed E-state index contributed by atoms with van der Waals surface area (Å²) in [4.78, 5) is 16.7. The number of rotatable bonds is 9. The molecule has 1 saturated carbocycles. The van der Waals surface area contributed by atoms with Crippen LogP contribution in [0.2, 0.25) is 0 Å². The minimum absolute atomic E-state index is 0.0901. The molecule has 1 fully saturated rings. The van der Waals surface area contributed by atoms with E-state index >= 15 is 0 Å². The summed E-state index contributed by atoms with van der Waals surface area (Å²) in [6, 6.07) is 28.5. The van der Waals surface area contributed by atoms with Crippen LogP contribution in [0.5, 0.6) is 0 Å². The van der Waals surface area contributed by atoms with Crippen molar-refractivity contribution in [2.24, 2.45) is 5.92 Å². The van der Waals surface area contributed by atoms with Gasteiger partial charge in [-0.15, -0.1) is 0 Å². The average molecular weight is 548 g/mol. The van der Waals surface area contributed by atoms with Crippen molar-refractivity contribution in [2.75, 3.05) is 5.32 Å². The fourth-order valence-corrected chi connectivity index (χ4v) is 4.76. The van der Waals surface area contributed by atoms with Gasteiger partial charge in [0.25, 0.3) is 0 Å². The Hall–Kier alpha value is -4.78. The van der Waals surface area contributed by atoms with Crippen molar-refractivity contribution in [2.45, 2.75) is 39.2 Å². The lowest BCUT2D eigenvalue weighted by atomic mass is 10.0. The maximum absolute atomic E-state index is 13.6. The molecule has 41 heavy (non-hydrogen) atoms. The minimum atomic E-state index is -0.267. The number of nitrogens with zero attached hydrogens (tertiary/aromatic N) is 2. The van der Waals surface area contributed by atoms with Crippen LogP contribution < -0.4 is 5.32 Å². The zero-order chi connectivity index (χ0) is 28.3. The van der Waals surface area contributed by atoms with Gasteiger partial charge in [0.2, 0.25) is 0 Å². The number of carbonyl (C=O) groups is 1. The van der Waals surface area contributed by atoms with E-state index in [-0.39, 0.29) is 23.8 Å². The van der Waals surface area contributed by atoms with Gasteiger partial charge < -0.3 is 14.6 Å². The average Bonchev–Trinajstić information content (AvgIpc) is 3.78. The van der Waals surface area contributed by atoms with Crippen LogP contribution in [-0.2, 0) is 16.0 Å². The predicted molar refractivity (Wildman–Crippen MR) is 156 cm³/mol. The van der Waals surface area contributed by atoms with E-state index in [9.17, 15) is 9.18 Å². The van der Waals surface area contributed by atoms with Gasteiger partial charge in [-0.2, -0.15) is 0 Å². The van der Waals surface area contributed by atoms with Crippen molar-refractivity contribution in [1.82, 2.24) is 10.1 Å². The fourth-order valence-electron chi connectivity index (χ4n) is 4.76. The van der Waals surface area contributed by atoms with Gasteiger partial charge in [-0.05, 0) is 73.2 Å². The summed E-state index contributed by atoms with van der Waals surface area (Å²) in [7, 11) is 0. The normalized spacial score (nSPS) is 13.5. The third-order valence-electron chi connectivity index (χ3n) is 7.26. The number of esters is 1. The summed E-state index contributed by atoms with van der Waals surface area (Å²) in [6.07, 6.45) is 2.13. The molecule has 7 heteroatoms. The van der Waals surface area contributed by atoms with Gasteiger partial charge in [-0.3, -0.25) is 4.79 Å². The van der Waals surface area contributed by atoms with Gasteiger partial charge in [0, 0.05) is 17.7 Å². The number of halogens is 1. The quantitative estimate of drug-likeness (QED) is 0.187. The van der Waals surface area contributed by atoms with E-state index in [4.69, 9.17) is 14.2 Å². The lowest BCUT2D eigenvalue weighted by Crippen LogP contribution is -2.10. The first kappa shape index (κ1) is 26.4. The number of hydrogen-bond donors (Lipinski definition) is 1. The number of ether oxygens (including phenoxy) is 1. The highest BCUT2D eigenvalue weighted by Gasteiger charge is 2.32. The molecule has 1 aliphatic rings. The highest BCUT2D eigenvalue weighted by molar-refractivity contribution is 5.79. The molecule has 0 radical (unpaired) electrons. The minimum Gasteiger partial charge on any atom is -0.458 e.